The molecule has 0 aromatic heterocycles. The Labute approximate surface area is 78.7 Å². The maximum Gasteiger partial charge on any atom is 0.0543 e. The van der Waals surface area contributed by atoms with Crippen LogP contribution >= 0.6 is 34.2 Å². The van der Waals surface area contributed by atoms with E-state index in [2.05, 4.69) is 28.7 Å². The molecule has 2 N–H and O–H groups in total. The predicted octanol–water partition coefficient (Wildman–Crippen LogP) is 2.20. The van der Waals surface area contributed by atoms with Crippen LogP contribution in [0.15, 0.2) is 12.1 Å². The van der Waals surface area contributed by atoms with Crippen LogP contribution in [0.25, 0.3) is 0 Å². The van der Waals surface area contributed by atoms with E-state index in [1.54, 1.807) is 0 Å². The van der Waals surface area contributed by atoms with E-state index in [0.29, 0.717) is 6.54 Å². The van der Waals surface area contributed by atoms with Gasteiger partial charge in [-0.1, -0.05) is 11.6 Å². The van der Waals surface area contributed by atoms with Gasteiger partial charge in [0.25, 0.3) is 0 Å². The van der Waals surface area contributed by atoms with Crippen LogP contribution in [0.4, 0.5) is 0 Å². The number of nitrogens with two attached hydrogens (primary N) is 1. The number of halogens is 2. The lowest BCUT2D eigenvalue weighted by atomic mass is 10.2. The molecule has 53 valence electrons. The molecular formula is C7H6ClIN. The first-order chi connectivity index (χ1) is 4.74. The van der Waals surface area contributed by atoms with Crippen molar-refractivity contribution in [2.45, 2.75) is 6.54 Å². The summed E-state index contributed by atoms with van der Waals surface area (Å²) in [5.41, 5.74) is 6.33. The normalized spacial score (nSPS) is 9.90. The highest BCUT2D eigenvalue weighted by atomic mass is 127. The summed E-state index contributed by atoms with van der Waals surface area (Å²) in [5, 5.41) is 0.750. The Morgan fingerprint density at radius 2 is 2.40 bits per heavy atom. The second kappa shape index (κ2) is 3.55. The first kappa shape index (κ1) is 8.30. The van der Waals surface area contributed by atoms with Gasteiger partial charge in [0.05, 0.1) is 5.02 Å². The van der Waals surface area contributed by atoms with Crippen LogP contribution in [-0.4, -0.2) is 0 Å². The molecule has 0 atom stereocenters. The third-order valence-corrected chi connectivity index (χ3v) is 2.66. The summed E-state index contributed by atoms with van der Waals surface area (Å²) in [6, 6.07) is 6.69. The molecule has 1 rings (SSSR count). The van der Waals surface area contributed by atoms with Gasteiger partial charge in [0.15, 0.2) is 0 Å². The van der Waals surface area contributed by atoms with E-state index < -0.39 is 0 Å². The summed E-state index contributed by atoms with van der Waals surface area (Å²) in [5.74, 6) is 0. The molecule has 0 aliphatic heterocycles. The van der Waals surface area contributed by atoms with Crippen molar-refractivity contribution in [3.05, 3.63) is 32.4 Å². The topological polar surface area (TPSA) is 26.0 Å². The quantitative estimate of drug-likeness (QED) is 0.775. The van der Waals surface area contributed by atoms with Crippen molar-refractivity contribution in [2.75, 3.05) is 0 Å². The molecule has 0 aliphatic rings. The minimum Gasteiger partial charge on any atom is -0.326 e. The monoisotopic (exact) mass is 266 g/mol. The predicted molar refractivity (Wildman–Crippen MR) is 50.9 cm³/mol. The van der Waals surface area contributed by atoms with Crippen molar-refractivity contribution in [2.24, 2.45) is 5.73 Å². The molecule has 0 fully saturated rings. The van der Waals surface area contributed by atoms with Gasteiger partial charge < -0.3 is 5.73 Å². The van der Waals surface area contributed by atoms with Gasteiger partial charge in [0, 0.05) is 10.1 Å². The van der Waals surface area contributed by atoms with Gasteiger partial charge in [-0.25, -0.2) is 0 Å². The van der Waals surface area contributed by atoms with E-state index in [1.165, 1.54) is 0 Å². The summed E-state index contributed by atoms with van der Waals surface area (Å²) in [4.78, 5) is 0. The van der Waals surface area contributed by atoms with Crippen molar-refractivity contribution >= 4 is 34.2 Å². The number of benzene rings is 1. The minimum atomic E-state index is 0.497. The molecule has 0 spiro atoms. The SMILES string of the molecule is NCc1[c]cc(I)c(Cl)c1. The van der Waals surface area contributed by atoms with Gasteiger partial charge in [0.2, 0.25) is 0 Å². The largest absolute Gasteiger partial charge is 0.326 e. The fraction of sp³-hybridized carbons (Fsp3) is 0.143. The molecule has 0 saturated heterocycles. The summed E-state index contributed by atoms with van der Waals surface area (Å²) in [6.07, 6.45) is 0. The lowest BCUT2D eigenvalue weighted by molar-refractivity contribution is 1.07. The maximum atomic E-state index is 5.81. The van der Waals surface area contributed by atoms with Crippen LogP contribution < -0.4 is 5.73 Å². The fourth-order valence-electron chi connectivity index (χ4n) is 0.606. The van der Waals surface area contributed by atoms with Crippen molar-refractivity contribution in [3.8, 4) is 0 Å². The lowest BCUT2D eigenvalue weighted by Crippen LogP contribution is -1.96. The second-order valence-electron chi connectivity index (χ2n) is 1.86. The van der Waals surface area contributed by atoms with Crippen LogP contribution in [0.2, 0.25) is 5.02 Å². The van der Waals surface area contributed by atoms with E-state index in [0.717, 1.165) is 14.2 Å². The summed E-state index contributed by atoms with van der Waals surface area (Å²) >= 11 is 7.96. The third-order valence-electron chi connectivity index (χ3n) is 1.13. The summed E-state index contributed by atoms with van der Waals surface area (Å²) in [6.45, 7) is 0.497. The molecule has 1 radical (unpaired) electrons. The summed E-state index contributed by atoms with van der Waals surface area (Å²) in [7, 11) is 0. The molecule has 0 amide bonds. The van der Waals surface area contributed by atoms with E-state index in [9.17, 15) is 0 Å². The highest BCUT2D eigenvalue weighted by Crippen LogP contribution is 2.18. The Hall–Kier alpha value is 0.200. The maximum absolute atomic E-state index is 5.81. The van der Waals surface area contributed by atoms with Crippen molar-refractivity contribution in [3.63, 3.8) is 0 Å². The van der Waals surface area contributed by atoms with Gasteiger partial charge in [0.1, 0.15) is 0 Å². The van der Waals surface area contributed by atoms with E-state index in [-0.39, 0.29) is 0 Å². The molecule has 0 aliphatic carbocycles. The Bertz CT molecular complexity index is 237. The highest BCUT2D eigenvalue weighted by molar-refractivity contribution is 14.1. The van der Waals surface area contributed by atoms with Crippen LogP contribution in [0.5, 0.6) is 0 Å². The zero-order valence-electron chi connectivity index (χ0n) is 5.20. The van der Waals surface area contributed by atoms with E-state index in [4.69, 9.17) is 17.3 Å². The molecule has 3 heteroatoms. The Kier molecular flexibility index (Phi) is 2.95. The minimum absolute atomic E-state index is 0.497. The van der Waals surface area contributed by atoms with Gasteiger partial charge in [-0.05, 0) is 46.4 Å². The molecule has 1 nitrogen and oxygen atoms in total. The number of rotatable bonds is 1. The summed E-state index contributed by atoms with van der Waals surface area (Å²) < 4.78 is 1.01. The number of hydrogen-bond acceptors (Lipinski definition) is 1. The van der Waals surface area contributed by atoms with Gasteiger partial charge in [-0.3, -0.25) is 0 Å². The highest BCUT2D eigenvalue weighted by Gasteiger charge is 1.96. The van der Waals surface area contributed by atoms with Crippen molar-refractivity contribution in [1.82, 2.24) is 0 Å². The van der Waals surface area contributed by atoms with Gasteiger partial charge in [-0.2, -0.15) is 0 Å². The molecule has 1 aromatic rings. The van der Waals surface area contributed by atoms with E-state index in [1.807, 2.05) is 12.1 Å². The first-order valence-electron chi connectivity index (χ1n) is 2.79. The van der Waals surface area contributed by atoms with Crippen LogP contribution in [0.1, 0.15) is 5.56 Å². The lowest BCUT2D eigenvalue weighted by Gasteiger charge is -1.97. The average molecular weight is 266 g/mol. The van der Waals surface area contributed by atoms with Gasteiger partial charge in [-0.15, -0.1) is 0 Å². The second-order valence-corrected chi connectivity index (χ2v) is 3.43. The molecule has 0 saturated carbocycles. The zero-order chi connectivity index (χ0) is 7.56. The Morgan fingerprint density at radius 3 is 2.90 bits per heavy atom. The van der Waals surface area contributed by atoms with Crippen molar-refractivity contribution < 1.29 is 0 Å². The van der Waals surface area contributed by atoms with Crippen LogP contribution in [-0.2, 0) is 6.54 Å². The molecule has 0 bridgehead atoms. The molecule has 0 heterocycles. The fourth-order valence-corrected chi connectivity index (χ4v) is 1.10. The molecular weight excluding hydrogens is 260 g/mol. The molecule has 10 heavy (non-hydrogen) atoms. The first-order valence-corrected chi connectivity index (χ1v) is 4.25. The van der Waals surface area contributed by atoms with Crippen molar-refractivity contribution in [1.29, 1.82) is 0 Å². The standard InChI is InChI=1S/C7H6ClIN/c8-6-3-5(4-10)1-2-7(6)9/h2-3H,4,10H2. The van der Waals surface area contributed by atoms with Gasteiger partial charge >= 0.3 is 0 Å². The number of hydrogen-bond donors (Lipinski definition) is 1. The third kappa shape index (κ3) is 1.84. The zero-order valence-corrected chi connectivity index (χ0v) is 8.11. The Morgan fingerprint density at radius 1 is 1.70 bits per heavy atom. The van der Waals surface area contributed by atoms with Crippen LogP contribution in [0, 0.1) is 9.64 Å². The Balaban J connectivity index is 3.04. The average Bonchev–Trinajstić information content (AvgIpc) is 1.95. The molecule has 1 aromatic carbocycles. The molecule has 0 unspecified atom stereocenters. The van der Waals surface area contributed by atoms with E-state index >= 15 is 0 Å². The smallest absolute Gasteiger partial charge is 0.0543 e. The van der Waals surface area contributed by atoms with Crippen LogP contribution in [0.3, 0.4) is 0 Å².